The number of hydrogen-bond donors (Lipinski definition) is 2. The number of anilines is 2. The molecule has 1 atom stereocenters. The van der Waals surface area contributed by atoms with Crippen molar-refractivity contribution < 1.29 is 28.1 Å². The first-order chi connectivity index (χ1) is 18.5. The van der Waals surface area contributed by atoms with Crippen LogP contribution in [0.3, 0.4) is 0 Å². The number of amides is 3. The zero-order chi connectivity index (χ0) is 29.7. The molecule has 2 N–H and O–H groups in total. The Balaban J connectivity index is 1.88. The van der Waals surface area contributed by atoms with Crippen LogP contribution in [0, 0.1) is 0 Å². The van der Waals surface area contributed by atoms with Gasteiger partial charge in [-0.15, -0.1) is 4.36 Å². The number of carbonyl (C=O) groups is 3. The summed E-state index contributed by atoms with van der Waals surface area (Å²) in [6.07, 6.45) is 4.35. The smallest absolute Gasteiger partial charge is 0.442 e. The van der Waals surface area contributed by atoms with Crippen LogP contribution in [0.5, 0.6) is 0 Å². The Hall–Kier alpha value is -4.32. The van der Waals surface area contributed by atoms with Crippen molar-refractivity contribution in [1.29, 1.82) is 0 Å². The summed E-state index contributed by atoms with van der Waals surface area (Å²) in [5, 5.41) is 5.47. The molecule has 11 nitrogen and oxygen atoms in total. The van der Waals surface area contributed by atoms with Crippen molar-refractivity contribution in [3.05, 3.63) is 66.7 Å². The fourth-order valence-corrected chi connectivity index (χ4v) is 4.39. The fourth-order valence-electron chi connectivity index (χ4n) is 3.33. The second-order valence-electron chi connectivity index (χ2n) is 10.9. The standard InChI is InChI=1S/C28H33N5O6S/c1-27(2,3)38-25(35)32-22-13-10-19(20-15-29-17-30-16-20)14-23(22)31-24(34)18-8-11-21(12-9-18)40(7,37)33-26(36)39-28(4,5)6/h8-17H,1-7H3,(H,31,34)(H,32,35). The van der Waals surface area contributed by atoms with E-state index in [2.05, 4.69) is 25.0 Å². The number of ether oxygens (including phenoxy) is 2. The number of carbonyl (C=O) groups excluding carboxylic acids is 3. The molecule has 3 amide bonds. The SMILES string of the molecule is CC(C)(C)OC(=O)N=S(C)(=O)c1ccc(C(=O)Nc2cc(-c3cncnc3)ccc2NC(=O)OC(C)(C)C)cc1. The van der Waals surface area contributed by atoms with E-state index in [1.165, 1.54) is 36.8 Å². The Bertz CT molecular complexity index is 1520. The summed E-state index contributed by atoms with van der Waals surface area (Å²) in [5.41, 5.74) is 0.777. The molecule has 40 heavy (non-hydrogen) atoms. The van der Waals surface area contributed by atoms with E-state index < -0.39 is 39.0 Å². The van der Waals surface area contributed by atoms with E-state index in [0.717, 1.165) is 0 Å². The van der Waals surface area contributed by atoms with Gasteiger partial charge in [0.25, 0.3) is 5.91 Å². The molecule has 0 bridgehead atoms. The topological polar surface area (TPSA) is 149 Å². The molecule has 212 valence electrons. The highest BCUT2D eigenvalue weighted by Gasteiger charge is 2.20. The molecule has 3 aromatic rings. The largest absolute Gasteiger partial charge is 0.444 e. The van der Waals surface area contributed by atoms with E-state index in [1.807, 2.05) is 0 Å². The maximum Gasteiger partial charge on any atom is 0.442 e. The summed E-state index contributed by atoms with van der Waals surface area (Å²) in [6.45, 7) is 10.3. The van der Waals surface area contributed by atoms with Gasteiger partial charge in [0, 0.05) is 34.7 Å². The number of nitrogens with one attached hydrogen (secondary N) is 2. The first-order valence-electron chi connectivity index (χ1n) is 12.3. The monoisotopic (exact) mass is 567 g/mol. The summed E-state index contributed by atoms with van der Waals surface area (Å²) in [7, 11) is -3.11. The lowest BCUT2D eigenvalue weighted by Crippen LogP contribution is -2.27. The molecule has 0 saturated carbocycles. The van der Waals surface area contributed by atoms with Crippen LogP contribution in [0.25, 0.3) is 11.1 Å². The number of aromatic nitrogens is 2. The highest BCUT2D eigenvalue weighted by atomic mass is 32.2. The van der Waals surface area contributed by atoms with Gasteiger partial charge in [-0.25, -0.2) is 23.8 Å². The van der Waals surface area contributed by atoms with Crippen LogP contribution in [0.1, 0.15) is 51.9 Å². The van der Waals surface area contributed by atoms with E-state index in [0.29, 0.717) is 22.5 Å². The van der Waals surface area contributed by atoms with Gasteiger partial charge in [-0.05, 0) is 83.5 Å². The molecule has 1 aromatic heterocycles. The van der Waals surface area contributed by atoms with Gasteiger partial charge in [0.2, 0.25) is 0 Å². The first kappa shape index (κ1) is 30.2. The summed E-state index contributed by atoms with van der Waals surface area (Å²) in [4.78, 5) is 46.0. The molecule has 0 aliphatic heterocycles. The van der Waals surface area contributed by atoms with Gasteiger partial charge < -0.3 is 14.8 Å². The van der Waals surface area contributed by atoms with Crippen molar-refractivity contribution in [3.63, 3.8) is 0 Å². The van der Waals surface area contributed by atoms with Crippen molar-refractivity contribution >= 4 is 39.2 Å². The minimum Gasteiger partial charge on any atom is -0.444 e. The summed E-state index contributed by atoms with van der Waals surface area (Å²) in [5.74, 6) is -0.494. The van der Waals surface area contributed by atoms with Gasteiger partial charge in [0.15, 0.2) is 0 Å². The van der Waals surface area contributed by atoms with Crippen molar-refractivity contribution in [2.75, 3.05) is 16.9 Å². The second kappa shape index (κ2) is 11.8. The maximum absolute atomic E-state index is 13.2. The molecule has 12 heteroatoms. The number of rotatable bonds is 5. The van der Waals surface area contributed by atoms with Gasteiger partial charge in [-0.2, -0.15) is 0 Å². The van der Waals surface area contributed by atoms with Crippen LogP contribution in [0.4, 0.5) is 21.0 Å². The zero-order valence-corrected chi connectivity index (χ0v) is 24.3. The van der Waals surface area contributed by atoms with Gasteiger partial charge >= 0.3 is 12.2 Å². The number of nitrogens with zero attached hydrogens (tertiary/aromatic N) is 3. The lowest BCUT2D eigenvalue weighted by Gasteiger charge is -2.21. The van der Waals surface area contributed by atoms with Crippen LogP contribution in [0.15, 0.2) is 70.4 Å². The van der Waals surface area contributed by atoms with E-state index in [4.69, 9.17) is 9.47 Å². The minimum atomic E-state index is -3.11. The first-order valence-corrected chi connectivity index (χ1v) is 14.2. The Morgan fingerprint density at radius 1 is 0.800 bits per heavy atom. The van der Waals surface area contributed by atoms with E-state index in [9.17, 15) is 18.6 Å². The van der Waals surface area contributed by atoms with Gasteiger partial charge in [-0.1, -0.05) is 6.07 Å². The van der Waals surface area contributed by atoms with Crippen molar-refractivity contribution in [3.8, 4) is 11.1 Å². The maximum atomic E-state index is 13.2. The molecule has 0 aliphatic rings. The van der Waals surface area contributed by atoms with E-state index >= 15 is 0 Å². The molecular weight excluding hydrogens is 534 g/mol. The third kappa shape index (κ3) is 8.87. The Kier molecular flexibility index (Phi) is 8.93. The van der Waals surface area contributed by atoms with Crippen LogP contribution < -0.4 is 10.6 Å². The molecule has 0 radical (unpaired) electrons. The highest BCUT2D eigenvalue weighted by molar-refractivity contribution is 7.93. The summed E-state index contributed by atoms with van der Waals surface area (Å²) < 4.78 is 27.2. The highest BCUT2D eigenvalue weighted by Crippen LogP contribution is 2.30. The predicted molar refractivity (Wildman–Crippen MR) is 153 cm³/mol. The number of hydrogen-bond acceptors (Lipinski definition) is 8. The number of benzene rings is 2. The van der Waals surface area contributed by atoms with Crippen molar-refractivity contribution in [2.24, 2.45) is 4.36 Å². The molecule has 1 unspecified atom stereocenters. The van der Waals surface area contributed by atoms with Crippen LogP contribution in [-0.4, -0.2) is 49.7 Å². The predicted octanol–water partition coefficient (Wildman–Crippen LogP) is 6.13. The molecule has 0 spiro atoms. The Morgan fingerprint density at radius 2 is 1.40 bits per heavy atom. The van der Waals surface area contributed by atoms with E-state index in [-0.39, 0.29) is 10.5 Å². The second-order valence-corrected chi connectivity index (χ2v) is 13.1. The molecular formula is C28H33N5O6S. The summed E-state index contributed by atoms with van der Waals surface area (Å²) in [6, 6.07) is 10.9. The average Bonchev–Trinajstić information content (AvgIpc) is 2.83. The molecule has 2 aromatic carbocycles. The zero-order valence-electron chi connectivity index (χ0n) is 23.5. The molecule has 0 fully saturated rings. The Morgan fingerprint density at radius 3 is 1.98 bits per heavy atom. The molecule has 1 heterocycles. The lowest BCUT2D eigenvalue weighted by atomic mass is 10.1. The Labute approximate surface area is 233 Å². The van der Waals surface area contributed by atoms with E-state index in [1.54, 1.807) is 72.1 Å². The minimum absolute atomic E-state index is 0.243. The quantitative estimate of drug-likeness (QED) is 0.374. The van der Waals surface area contributed by atoms with Crippen LogP contribution in [0.2, 0.25) is 0 Å². The molecule has 3 rings (SSSR count). The summed E-state index contributed by atoms with van der Waals surface area (Å²) >= 11 is 0. The normalized spacial score (nSPS) is 13.0. The van der Waals surface area contributed by atoms with Gasteiger partial charge in [0.05, 0.1) is 21.1 Å². The molecule has 0 saturated heterocycles. The third-order valence-electron chi connectivity index (χ3n) is 4.99. The molecule has 0 aliphatic carbocycles. The van der Waals surface area contributed by atoms with Gasteiger partial charge in [0.1, 0.15) is 17.5 Å². The van der Waals surface area contributed by atoms with Gasteiger partial charge in [-0.3, -0.25) is 10.1 Å². The fraction of sp³-hybridized carbons (Fsp3) is 0.321. The third-order valence-corrected chi connectivity index (χ3v) is 6.64. The lowest BCUT2D eigenvalue weighted by molar-refractivity contribution is 0.0603. The van der Waals surface area contributed by atoms with Crippen LogP contribution in [-0.2, 0) is 19.2 Å². The van der Waals surface area contributed by atoms with Crippen molar-refractivity contribution in [2.45, 2.75) is 57.6 Å². The van der Waals surface area contributed by atoms with Crippen molar-refractivity contribution in [1.82, 2.24) is 9.97 Å². The average molecular weight is 568 g/mol. The van der Waals surface area contributed by atoms with Crippen LogP contribution >= 0.6 is 0 Å².